The van der Waals surface area contributed by atoms with Gasteiger partial charge in [-0.15, -0.1) is 0 Å². The number of methoxy groups -OCH3 is 1. The maximum Gasteiger partial charge on any atom is 0.275 e. The van der Waals surface area contributed by atoms with E-state index in [0.29, 0.717) is 36.2 Å². The quantitative estimate of drug-likeness (QED) is 0.504. The van der Waals surface area contributed by atoms with E-state index in [1.54, 1.807) is 11.8 Å². The first-order valence-electron chi connectivity index (χ1n) is 10.3. The van der Waals surface area contributed by atoms with Crippen LogP contribution < -0.4 is 4.74 Å². The van der Waals surface area contributed by atoms with Gasteiger partial charge >= 0.3 is 0 Å². The van der Waals surface area contributed by atoms with Crippen LogP contribution in [0.4, 0.5) is 0 Å². The number of hydrogen-bond acceptors (Lipinski definition) is 6. The third kappa shape index (κ3) is 3.43. The predicted octanol–water partition coefficient (Wildman–Crippen LogP) is 3.65. The highest BCUT2D eigenvalue weighted by Crippen LogP contribution is 2.32. The van der Waals surface area contributed by atoms with E-state index in [2.05, 4.69) is 15.2 Å². The molecule has 0 radical (unpaired) electrons. The van der Waals surface area contributed by atoms with Gasteiger partial charge in [-0.2, -0.15) is 10.1 Å². The van der Waals surface area contributed by atoms with E-state index in [4.69, 9.17) is 9.26 Å². The zero-order valence-electron chi connectivity index (χ0n) is 17.5. The summed E-state index contributed by atoms with van der Waals surface area (Å²) >= 11 is 0. The molecule has 1 amide bonds. The van der Waals surface area contributed by atoms with E-state index < -0.39 is 0 Å². The highest BCUT2D eigenvalue weighted by Gasteiger charge is 2.30. The number of carbonyl (C=O) groups excluding carboxylic acids is 1. The highest BCUT2D eigenvalue weighted by molar-refractivity contribution is 6.04. The molecule has 1 aliphatic rings. The lowest BCUT2D eigenvalue weighted by Gasteiger charge is -2.30. The van der Waals surface area contributed by atoms with Gasteiger partial charge in [0, 0.05) is 31.4 Å². The van der Waals surface area contributed by atoms with Crippen LogP contribution in [-0.4, -0.2) is 50.9 Å². The Morgan fingerprint density at radius 2 is 1.84 bits per heavy atom. The van der Waals surface area contributed by atoms with Crippen LogP contribution in [0.3, 0.4) is 0 Å². The number of benzene rings is 2. The number of nitrogens with zero attached hydrogens (tertiary/aromatic N) is 5. The number of aryl methyl sites for hydroxylation is 1. The van der Waals surface area contributed by atoms with E-state index >= 15 is 0 Å². The molecule has 8 heteroatoms. The number of hydrogen-bond donors (Lipinski definition) is 0. The van der Waals surface area contributed by atoms with Crippen LogP contribution in [0.2, 0.25) is 0 Å². The molecular weight excluding hydrogens is 394 g/mol. The summed E-state index contributed by atoms with van der Waals surface area (Å²) in [5.41, 5.74) is 2.24. The monoisotopic (exact) mass is 417 g/mol. The number of para-hydroxylation sites is 2. The van der Waals surface area contributed by atoms with Gasteiger partial charge in [0.05, 0.1) is 18.2 Å². The van der Waals surface area contributed by atoms with E-state index in [-0.39, 0.29) is 11.8 Å². The Hall–Kier alpha value is -3.68. The first-order chi connectivity index (χ1) is 15.2. The predicted molar refractivity (Wildman–Crippen MR) is 115 cm³/mol. The Bertz CT molecular complexity index is 1240. The molecule has 0 saturated carbocycles. The zero-order chi connectivity index (χ0) is 21.4. The SMILES string of the molecule is COc1ccccc1-c1nc(C2CCN(C(=O)c3nn(C)c4ccccc34)CC2)no1. The number of likely N-dealkylation sites (tertiary alicyclic amines) is 1. The summed E-state index contributed by atoms with van der Waals surface area (Å²) in [6.45, 7) is 1.26. The first kappa shape index (κ1) is 19.3. The van der Waals surface area contributed by atoms with Crippen molar-refractivity contribution in [1.82, 2.24) is 24.8 Å². The molecule has 4 aromatic rings. The molecule has 2 aromatic heterocycles. The van der Waals surface area contributed by atoms with Crippen LogP contribution in [0.1, 0.15) is 35.1 Å². The van der Waals surface area contributed by atoms with E-state index in [9.17, 15) is 4.79 Å². The molecule has 1 saturated heterocycles. The summed E-state index contributed by atoms with van der Waals surface area (Å²) in [6.07, 6.45) is 1.56. The van der Waals surface area contributed by atoms with Gasteiger partial charge in [-0.1, -0.05) is 35.5 Å². The second kappa shape index (κ2) is 7.86. The number of ether oxygens (including phenoxy) is 1. The van der Waals surface area contributed by atoms with Crippen LogP contribution in [0.15, 0.2) is 53.1 Å². The number of fused-ring (bicyclic) bond motifs is 1. The van der Waals surface area contributed by atoms with E-state index in [0.717, 1.165) is 29.3 Å². The molecule has 8 nitrogen and oxygen atoms in total. The molecule has 31 heavy (non-hydrogen) atoms. The van der Waals surface area contributed by atoms with Crippen molar-refractivity contribution < 1.29 is 14.1 Å². The molecule has 2 aromatic carbocycles. The Morgan fingerprint density at radius 3 is 2.65 bits per heavy atom. The van der Waals surface area contributed by atoms with Gasteiger partial charge in [0.15, 0.2) is 11.5 Å². The van der Waals surface area contributed by atoms with Crippen molar-refractivity contribution in [3.05, 3.63) is 60.0 Å². The second-order valence-corrected chi connectivity index (χ2v) is 7.71. The molecule has 0 spiro atoms. The minimum absolute atomic E-state index is 0.0296. The summed E-state index contributed by atoms with van der Waals surface area (Å²) in [5, 5.41) is 9.56. The number of rotatable bonds is 4. The first-order valence-corrected chi connectivity index (χ1v) is 10.3. The van der Waals surface area contributed by atoms with Crippen molar-refractivity contribution in [2.24, 2.45) is 7.05 Å². The molecule has 0 unspecified atom stereocenters. The summed E-state index contributed by atoms with van der Waals surface area (Å²) in [6, 6.07) is 15.4. The van der Waals surface area contributed by atoms with Crippen molar-refractivity contribution in [2.75, 3.05) is 20.2 Å². The third-order valence-electron chi connectivity index (χ3n) is 5.89. The number of amides is 1. The van der Waals surface area contributed by atoms with Gasteiger partial charge in [0.25, 0.3) is 11.8 Å². The average molecular weight is 417 g/mol. The number of aromatic nitrogens is 4. The fraction of sp³-hybridized carbons (Fsp3) is 0.304. The van der Waals surface area contributed by atoms with Crippen molar-refractivity contribution in [2.45, 2.75) is 18.8 Å². The van der Waals surface area contributed by atoms with Crippen molar-refractivity contribution in [1.29, 1.82) is 0 Å². The van der Waals surface area contributed by atoms with Crippen LogP contribution >= 0.6 is 0 Å². The lowest BCUT2D eigenvalue weighted by atomic mass is 9.96. The Morgan fingerprint density at radius 1 is 1.10 bits per heavy atom. The van der Waals surface area contributed by atoms with Crippen LogP contribution in [-0.2, 0) is 7.05 Å². The van der Waals surface area contributed by atoms with E-state index in [1.165, 1.54) is 0 Å². The van der Waals surface area contributed by atoms with Crippen LogP contribution in [0.25, 0.3) is 22.4 Å². The Kier molecular flexibility index (Phi) is 4.89. The summed E-state index contributed by atoms with van der Waals surface area (Å²) in [7, 11) is 3.48. The fourth-order valence-corrected chi connectivity index (χ4v) is 4.19. The molecule has 0 bridgehead atoms. The topological polar surface area (TPSA) is 86.3 Å². The van der Waals surface area contributed by atoms with Crippen molar-refractivity contribution in [3.8, 4) is 17.2 Å². The Balaban J connectivity index is 1.30. The molecule has 0 atom stereocenters. The zero-order valence-corrected chi connectivity index (χ0v) is 17.5. The van der Waals surface area contributed by atoms with E-state index in [1.807, 2.05) is 60.5 Å². The number of carbonyl (C=O) groups is 1. The van der Waals surface area contributed by atoms with Gasteiger partial charge < -0.3 is 14.2 Å². The molecule has 0 aliphatic carbocycles. The van der Waals surface area contributed by atoms with Crippen molar-refractivity contribution in [3.63, 3.8) is 0 Å². The minimum atomic E-state index is -0.0296. The van der Waals surface area contributed by atoms with Crippen LogP contribution in [0, 0.1) is 0 Å². The molecule has 1 aliphatic heterocycles. The molecular formula is C23H23N5O3. The maximum atomic E-state index is 13.1. The van der Waals surface area contributed by atoms with Gasteiger partial charge in [-0.3, -0.25) is 9.48 Å². The highest BCUT2D eigenvalue weighted by atomic mass is 16.5. The third-order valence-corrected chi connectivity index (χ3v) is 5.89. The second-order valence-electron chi connectivity index (χ2n) is 7.71. The molecule has 5 rings (SSSR count). The molecule has 1 fully saturated rings. The molecule has 0 N–H and O–H groups in total. The van der Waals surface area contributed by atoms with Gasteiger partial charge in [0.1, 0.15) is 5.75 Å². The molecule has 158 valence electrons. The van der Waals surface area contributed by atoms with Gasteiger partial charge in [-0.25, -0.2) is 0 Å². The normalized spacial score (nSPS) is 14.8. The summed E-state index contributed by atoms with van der Waals surface area (Å²) in [5.74, 6) is 1.94. The Labute approximate surface area is 179 Å². The maximum absolute atomic E-state index is 13.1. The molecule has 3 heterocycles. The summed E-state index contributed by atoms with van der Waals surface area (Å²) in [4.78, 5) is 19.6. The standard InChI is InChI=1S/C23H23N5O3/c1-27-18-9-5-3-7-16(18)20(25-27)23(29)28-13-11-15(12-14-28)21-24-22(31-26-21)17-8-4-6-10-19(17)30-2/h3-10,15H,11-14H2,1-2H3. The van der Waals surface area contributed by atoms with Gasteiger partial charge in [0.2, 0.25) is 0 Å². The lowest BCUT2D eigenvalue weighted by Crippen LogP contribution is -2.38. The fourth-order valence-electron chi connectivity index (χ4n) is 4.19. The summed E-state index contributed by atoms with van der Waals surface area (Å²) < 4.78 is 12.7. The van der Waals surface area contributed by atoms with Gasteiger partial charge in [-0.05, 0) is 31.0 Å². The van der Waals surface area contributed by atoms with Crippen molar-refractivity contribution >= 4 is 16.8 Å². The smallest absolute Gasteiger partial charge is 0.275 e. The minimum Gasteiger partial charge on any atom is -0.496 e. The number of piperidine rings is 1. The largest absolute Gasteiger partial charge is 0.496 e. The average Bonchev–Trinajstić information content (AvgIpc) is 3.44. The lowest BCUT2D eigenvalue weighted by molar-refractivity contribution is 0.0705. The van der Waals surface area contributed by atoms with Crippen LogP contribution in [0.5, 0.6) is 5.75 Å².